The molecule has 25 heavy (non-hydrogen) atoms. The van der Waals surface area contributed by atoms with E-state index in [4.69, 9.17) is 0 Å². The van der Waals surface area contributed by atoms with Crippen LogP contribution in [0.2, 0.25) is 0 Å². The number of carbonyl (C=O) groups is 3. The van der Waals surface area contributed by atoms with Gasteiger partial charge in [0, 0.05) is 6.04 Å². The topological polar surface area (TPSA) is 66.5 Å². The normalized spacial score (nSPS) is 16.1. The third kappa shape index (κ3) is 4.09. The summed E-state index contributed by atoms with van der Waals surface area (Å²) < 4.78 is 0. The maximum Gasteiger partial charge on any atom is 0.262 e. The Morgan fingerprint density at radius 3 is 2.08 bits per heavy atom. The number of imide groups is 1. The molecule has 0 saturated carbocycles. The fourth-order valence-electron chi connectivity index (χ4n) is 3.28. The molecule has 0 fully saturated rings. The molecule has 0 radical (unpaired) electrons. The van der Waals surface area contributed by atoms with Crippen LogP contribution >= 0.6 is 0 Å². The van der Waals surface area contributed by atoms with Crippen molar-refractivity contribution in [3.05, 3.63) is 35.4 Å². The minimum Gasteiger partial charge on any atom is -0.352 e. The van der Waals surface area contributed by atoms with E-state index in [1.54, 1.807) is 24.3 Å². The van der Waals surface area contributed by atoms with E-state index < -0.39 is 6.04 Å². The van der Waals surface area contributed by atoms with Gasteiger partial charge in [-0.1, -0.05) is 52.2 Å². The van der Waals surface area contributed by atoms with Crippen LogP contribution in [0.4, 0.5) is 0 Å². The number of rotatable bonds is 8. The smallest absolute Gasteiger partial charge is 0.262 e. The molecular weight excluding hydrogens is 316 g/mol. The minimum absolute atomic E-state index is 0.0236. The second-order valence-electron chi connectivity index (χ2n) is 7.12. The van der Waals surface area contributed by atoms with Crippen LogP contribution in [0.25, 0.3) is 0 Å². The highest BCUT2D eigenvalue weighted by Crippen LogP contribution is 2.27. The summed E-state index contributed by atoms with van der Waals surface area (Å²) in [4.78, 5) is 39.3. The molecule has 1 aliphatic rings. The van der Waals surface area contributed by atoms with Gasteiger partial charge < -0.3 is 5.32 Å². The summed E-state index contributed by atoms with van der Waals surface area (Å²) in [7, 11) is 0. The van der Waals surface area contributed by atoms with E-state index in [0.717, 1.165) is 30.6 Å². The second kappa shape index (κ2) is 8.28. The highest BCUT2D eigenvalue weighted by Gasteiger charge is 2.43. The van der Waals surface area contributed by atoms with E-state index >= 15 is 0 Å². The van der Waals surface area contributed by atoms with Crippen molar-refractivity contribution in [1.29, 1.82) is 0 Å². The molecule has 2 unspecified atom stereocenters. The molecule has 5 heteroatoms. The first-order chi connectivity index (χ1) is 11.9. The van der Waals surface area contributed by atoms with Crippen molar-refractivity contribution in [1.82, 2.24) is 10.2 Å². The van der Waals surface area contributed by atoms with Gasteiger partial charge in [-0.2, -0.15) is 0 Å². The maximum absolute atomic E-state index is 12.8. The molecule has 0 spiro atoms. The van der Waals surface area contributed by atoms with Crippen molar-refractivity contribution in [3.8, 4) is 0 Å². The fraction of sp³-hybridized carbons (Fsp3) is 0.550. The van der Waals surface area contributed by atoms with Gasteiger partial charge >= 0.3 is 0 Å². The number of benzene rings is 1. The van der Waals surface area contributed by atoms with E-state index in [-0.39, 0.29) is 29.7 Å². The Bertz CT molecular complexity index is 619. The van der Waals surface area contributed by atoms with Gasteiger partial charge in [-0.05, 0) is 31.4 Å². The molecule has 2 rings (SSSR count). The zero-order chi connectivity index (χ0) is 18.6. The summed E-state index contributed by atoms with van der Waals surface area (Å²) in [5, 5.41) is 2.98. The summed E-state index contributed by atoms with van der Waals surface area (Å²) >= 11 is 0. The number of carbonyl (C=O) groups excluding carboxylic acids is 3. The van der Waals surface area contributed by atoms with Crippen molar-refractivity contribution < 1.29 is 14.4 Å². The van der Waals surface area contributed by atoms with E-state index in [2.05, 4.69) is 12.2 Å². The molecule has 0 bridgehead atoms. The predicted molar refractivity (Wildman–Crippen MR) is 97.3 cm³/mol. The van der Waals surface area contributed by atoms with Gasteiger partial charge in [-0.15, -0.1) is 0 Å². The average molecular weight is 344 g/mol. The van der Waals surface area contributed by atoms with Gasteiger partial charge in [0.15, 0.2) is 0 Å². The predicted octanol–water partition coefficient (Wildman–Crippen LogP) is 3.39. The molecule has 1 aromatic carbocycles. The van der Waals surface area contributed by atoms with Gasteiger partial charge in [0.1, 0.15) is 6.04 Å². The summed E-state index contributed by atoms with van der Waals surface area (Å²) in [6.07, 6.45) is 4.21. The summed E-state index contributed by atoms with van der Waals surface area (Å²) in [5.74, 6) is -1.18. The van der Waals surface area contributed by atoms with Crippen LogP contribution in [0.1, 0.15) is 74.1 Å². The average Bonchev–Trinajstić information content (AvgIpc) is 2.81. The first-order valence-electron chi connectivity index (χ1n) is 9.15. The van der Waals surface area contributed by atoms with Crippen molar-refractivity contribution in [3.63, 3.8) is 0 Å². The highest BCUT2D eigenvalue weighted by atomic mass is 16.2. The quantitative estimate of drug-likeness (QED) is 0.581. The summed E-state index contributed by atoms with van der Waals surface area (Å²) in [5.41, 5.74) is 0.754. The van der Waals surface area contributed by atoms with Crippen LogP contribution in [-0.4, -0.2) is 34.7 Å². The number of fused-ring (bicyclic) bond motifs is 1. The highest BCUT2D eigenvalue weighted by molar-refractivity contribution is 6.22. The third-order valence-electron chi connectivity index (χ3n) is 4.63. The molecule has 0 aliphatic carbocycles. The van der Waals surface area contributed by atoms with E-state index in [9.17, 15) is 14.4 Å². The third-order valence-corrected chi connectivity index (χ3v) is 4.63. The minimum atomic E-state index is -0.791. The molecule has 0 saturated heterocycles. The van der Waals surface area contributed by atoms with Gasteiger partial charge in [-0.3, -0.25) is 19.3 Å². The van der Waals surface area contributed by atoms with Crippen LogP contribution in [0.15, 0.2) is 24.3 Å². The lowest BCUT2D eigenvalue weighted by molar-refractivity contribution is -0.127. The molecule has 2 atom stereocenters. The van der Waals surface area contributed by atoms with Crippen LogP contribution in [0, 0.1) is 5.92 Å². The number of nitrogens with zero attached hydrogens (tertiary/aromatic N) is 1. The Balaban J connectivity index is 2.15. The van der Waals surface area contributed by atoms with Crippen molar-refractivity contribution in [2.45, 2.75) is 65.5 Å². The molecular formula is C20H28N2O3. The number of unbranched alkanes of at least 4 members (excludes halogenated alkanes) is 2. The van der Waals surface area contributed by atoms with Gasteiger partial charge in [0.25, 0.3) is 11.8 Å². The lowest BCUT2D eigenvalue weighted by atomic mass is 10.0. The Kier molecular flexibility index (Phi) is 6.34. The van der Waals surface area contributed by atoms with Crippen molar-refractivity contribution >= 4 is 17.7 Å². The van der Waals surface area contributed by atoms with Crippen molar-refractivity contribution in [2.24, 2.45) is 5.92 Å². The molecule has 5 nitrogen and oxygen atoms in total. The van der Waals surface area contributed by atoms with E-state index in [1.807, 2.05) is 20.8 Å². The number of hydrogen-bond acceptors (Lipinski definition) is 3. The van der Waals surface area contributed by atoms with Crippen LogP contribution in [-0.2, 0) is 4.79 Å². The standard InChI is InChI=1S/C20H28N2O3/c1-5-6-7-10-14(4)21-18(23)17(13(2)3)22-19(24)15-11-8-9-12-16(15)20(22)25/h8-9,11-14,17H,5-7,10H2,1-4H3,(H,21,23). The molecule has 1 aliphatic heterocycles. The lowest BCUT2D eigenvalue weighted by Gasteiger charge is -2.29. The second-order valence-corrected chi connectivity index (χ2v) is 7.12. The Hall–Kier alpha value is -2.17. The first-order valence-corrected chi connectivity index (χ1v) is 9.15. The van der Waals surface area contributed by atoms with Gasteiger partial charge in [0.05, 0.1) is 11.1 Å². The molecule has 1 aromatic rings. The fourth-order valence-corrected chi connectivity index (χ4v) is 3.28. The van der Waals surface area contributed by atoms with Gasteiger partial charge in [0.2, 0.25) is 5.91 Å². The first kappa shape index (κ1) is 19.2. The molecule has 136 valence electrons. The number of nitrogens with one attached hydrogen (secondary N) is 1. The van der Waals surface area contributed by atoms with Gasteiger partial charge in [-0.25, -0.2) is 0 Å². The monoisotopic (exact) mass is 344 g/mol. The molecule has 3 amide bonds. The Morgan fingerprint density at radius 2 is 1.60 bits per heavy atom. The zero-order valence-electron chi connectivity index (χ0n) is 15.5. The van der Waals surface area contributed by atoms with Crippen molar-refractivity contribution in [2.75, 3.05) is 0 Å². The maximum atomic E-state index is 12.8. The zero-order valence-corrected chi connectivity index (χ0v) is 15.5. The SMILES string of the molecule is CCCCCC(C)NC(=O)C(C(C)C)N1C(=O)c2ccccc2C1=O. The van der Waals surface area contributed by atoms with E-state index in [1.165, 1.54) is 0 Å². The summed E-state index contributed by atoms with van der Waals surface area (Å²) in [6, 6.07) is 5.97. The summed E-state index contributed by atoms with van der Waals surface area (Å²) in [6.45, 7) is 7.82. The van der Waals surface area contributed by atoms with Crippen LogP contribution < -0.4 is 5.32 Å². The molecule has 0 aromatic heterocycles. The van der Waals surface area contributed by atoms with E-state index in [0.29, 0.717) is 11.1 Å². The Morgan fingerprint density at radius 1 is 1.04 bits per heavy atom. The molecule has 1 heterocycles. The Labute approximate surface area is 149 Å². The lowest BCUT2D eigenvalue weighted by Crippen LogP contribution is -2.53. The van der Waals surface area contributed by atoms with Crippen LogP contribution in [0.5, 0.6) is 0 Å². The largest absolute Gasteiger partial charge is 0.352 e. The number of hydrogen-bond donors (Lipinski definition) is 1. The van der Waals surface area contributed by atoms with Crippen LogP contribution in [0.3, 0.4) is 0 Å². The number of amides is 3. The molecule has 1 N–H and O–H groups in total.